The molecule has 2 rings (SSSR count). The molecule has 0 aromatic carbocycles. The number of hydrogen-bond donors (Lipinski definition) is 0. The fourth-order valence-corrected chi connectivity index (χ4v) is 1.95. The Morgan fingerprint density at radius 2 is 2.36 bits per heavy atom. The summed E-state index contributed by atoms with van der Waals surface area (Å²) in [5.41, 5.74) is 0.944. The first-order valence-electron chi connectivity index (χ1n) is 4.76. The van der Waals surface area contributed by atoms with E-state index in [1.165, 1.54) is 0 Å². The van der Waals surface area contributed by atoms with Crippen LogP contribution in [0.5, 0.6) is 0 Å². The highest BCUT2D eigenvalue weighted by atomic mass is 16.5. The topological polar surface area (TPSA) is 46.6 Å². The van der Waals surface area contributed by atoms with Gasteiger partial charge in [-0.1, -0.05) is 12.2 Å². The van der Waals surface area contributed by atoms with E-state index in [9.17, 15) is 10.0 Å². The number of hydrogen-bond acceptors (Lipinski definition) is 3. The van der Waals surface area contributed by atoms with Crippen LogP contribution in [0.2, 0.25) is 0 Å². The highest BCUT2D eigenvalue weighted by Crippen LogP contribution is 2.25. The quantitative estimate of drug-likeness (QED) is 0.620. The van der Waals surface area contributed by atoms with Gasteiger partial charge in [0.05, 0.1) is 6.04 Å². The molecule has 2 aliphatic rings. The van der Waals surface area contributed by atoms with Crippen molar-refractivity contribution in [1.29, 1.82) is 0 Å². The molecule has 1 saturated heterocycles. The summed E-state index contributed by atoms with van der Waals surface area (Å²) in [5, 5.41) is 12.0. The van der Waals surface area contributed by atoms with Gasteiger partial charge >= 0.3 is 0 Å². The Labute approximate surface area is 83.1 Å². The zero-order valence-electron chi connectivity index (χ0n) is 8.14. The number of hydroxylamine groups is 2. The molecule has 4 nitrogen and oxygen atoms in total. The number of nitrogens with zero attached hydrogens (tertiary/aromatic N) is 2. The normalized spacial score (nSPS) is 27.1. The van der Waals surface area contributed by atoms with E-state index in [2.05, 4.69) is 0 Å². The fraction of sp³-hybridized carbons (Fsp3) is 0.500. The Hall–Kier alpha value is -1.29. The summed E-state index contributed by atoms with van der Waals surface area (Å²) in [5.74, 6) is 0.160. The molecule has 1 fully saturated rings. The first-order valence-corrected chi connectivity index (χ1v) is 4.76. The zero-order chi connectivity index (χ0) is 10.1. The highest BCUT2D eigenvalue weighted by molar-refractivity contribution is 5.79. The standard InChI is InChI=1S/C10H13N2O2/c1-11-9(4-5-10(11)13)8-3-2-6-12(14)7-8/h2-3,7,9H,4-6H2,1H3/q-1. The van der Waals surface area contributed by atoms with E-state index in [1.807, 2.05) is 12.2 Å². The lowest BCUT2D eigenvalue weighted by Gasteiger charge is -2.31. The van der Waals surface area contributed by atoms with Crippen LogP contribution in [0.1, 0.15) is 12.8 Å². The van der Waals surface area contributed by atoms with Gasteiger partial charge in [0, 0.05) is 20.0 Å². The largest absolute Gasteiger partial charge is 0.758 e. The number of likely N-dealkylation sites (tertiary alicyclic amines) is 1. The number of rotatable bonds is 1. The maximum absolute atomic E-state index is 11.3. The molecule has 0 saturated carbocycles. The molecule has 76 valence electrons. The molecule has 0 radical (unpaired) electrons. The van der Waals surface area contributed by atoms with Crippen molar-refractivity contribution in [2.45, 2.75) is 18.9 Å². The van der Waals surface area contributed by atoms with Crippen LogP contribution in [-0.4, -0.2) is 35.5 Å². The molecule has 0 N–H and O–H groups in total. The molecule has 0 aliphatic carbocycles. The van der Waals surface area contributed by atoms with E-state index in [1.54, 1.807) is 18.1 Å². The average molecular weight is 193 g/mol. The Morgan fingerprint density at radius 1 is 1.57 bits per heavy atom. The molecule has 1 unspecified atom stereocenters. The summed E-state index contributed by atoms with van der Waals surface area (Å²) in [6.45, 7) is 0.411. The molecular formula is C10H13N2O2-. The first kappa shape index (κ1) is 9.27. The van der Waals surface area contributed by atoms with Crippen molar-refractivity contribution >= 4 is 5.91 Å². The predicted octanol–water partition coefficient (Wildman–Crippen LogP) is 0.861. The molecule has 0 aromatic heterocycles. The Bertz CT molecular complexity index is 309. The van der Waals surface area contributed by atoms with Gasteiger partial charge in [-0.05, 0) is 18.2 Å². The second kappa shape index (κ2) is 3.46. The second-order valence-corrected chi connectivity index (χ2v) is 3.69. The van der Waals surface area contributed by atoms with Crippen LogP contribution in [0.4, 0.5) is 0 Å². The van der Waals surface area contributed by atoms with E-state index in [0.29, 0.717) is 13.0 Å². The first-order chi connectivity index (χ1) is 6.68. The van der Waals surface area contributed by atoms with Gasteiger partial charge < -0.3 is 15.2 Å². The number of amides is 1. The van der Waals surface area contributed by atoms with Crippen molar-refractivity contribution in [3.8, 4) is 0 Å². The minimum absolute atomic E-state index is 0.0931. The molecule has 1 atom stereocenters. The lowest BCUT2D eigenvalue weighted by atomic mass is 10.0. The molecule has 2 heterocycles. The van der Waals surface area contributed by atoms with Crippen LogP contribution >= 0.6 is 0 Å². The van der Waals surface area contributed by atoms with E-state index < -0.39 is 0 Å². The maximum atomic E-state index is 11.3. The van der Waals surface area contributed by atoms with Crippen molar-refractivity contribution in [1.82, 2.24) is 9.96 Å². The SMILES string of the molecule is CN1C(=O)CCC1C1=CN([O-])CC=C1. The van der Waals surface area contributed by atoms with Crippen LogP contribution in [0, 0.1) is 5.21 Å². The van der Waals surface area contributed by atoms with Crippen molar-refractivity contribution in [2.24, 2.45) is 0 Å². The molecule has 0 spiro atoms. The Morgan fingerprint density at radius 3 is 2.93 bits per heavy atom. The van der Waals surface area contributed by atoms with Crippen molar-refractivity contribution in [3.05, 3.63) is 29.1 Å². The third-order valence-electron chi connectivity index (χ3n) is 2.77. The minimum Gasteiger partial charge on any atom is -0.758 e. The average Bonchev–Trinajstić information content (AvgIpc) is 2.48. The lowest BCUT2D eigenvalue weighted by molar-refractivity contribution is -0.127. The van der Waals surface area contributed by atoms with E-state index in [4.69, 9.17) is 0 Å². The summed E-state index contributed by atoms with van der Waals surface area (Å²) >= 11 is 0. The van der Waals surface area contributed by atoms with Crippen LogP contribution in [0.3, 0.4) is 0 Å². The van der Waals surface area contributed by atoms with Crippen molar-refractivity contribution in [2.75, 3.05) is 13.6 Å². The van der Waals surface area contributed by atoms with Gasteiger partial charge in [0.15, 0.2) is 0 Å². The number of likely N-dealkylation sites (N-methyl/N-ethyl adjacent to an activating group) is 1. The van der Waals surface area contributed by atoms with Crippen LogP contribution in [0.25, 0.3) is 0 Å². The molecule has 4 heteroatoms. The van der Waals surface area contributed by atoms with Gasteiger partial charge in [0.2, 0.25) is 5.91 Å². The highest BCUT2D eigenvalue weighted by Gasteiger charge is 2.29. The molecule has 0 bridgehead atoms. The zero-order valence-corrected chi connectivity index (χ0v) is 8.14. The van der Waals surface area contributed by atoms with Gasteiger partial charge in [-0.2, -0.15) is 0 Å². The molecule has 0 aromatic rings. The molecular weight excluding hydrogens is 180 g/mol. The van der Waals surface area contributed by atoms with Gasteiger partial charge in [0.1, 0.15) is 0 Å². The van der Waals surface area contributed by atoms with Gasteiger partial charge in [-0.25, -0.2) is 0 Å². The summed E-state index contributed by atoms with van der Waals surface area (Å²) in [6.07, 6.45) is 6.76. The Kier molecular flexibility index (Phi) is 2.29. The summed E-state index contributed by atoms with van der Waals surface area (Å²) < 4.78 is 0. The van der Waals surface area contributed by atoms with E-state index in [0.717, 1.165) is 17.1 Å². The number of carbonyl (C=O) groups excluding carboxylic acids is 1. The maximum Gasteiger partial charge on any atom is 0.222 e. The summed E-state index contributed by atoms with van der Waals surface area (Å²) in [6, 6.07) is 0.0931. The van der Waals surface area contributed by atoms with E-state index in [-0.39, 0.29) is 11.9 Å². The molecule has 14 heavy (non-hydrogen) atoms. The smallest absolute Gasteiger partial charge is 0.222 e. The number of carbonyl (C=O) groups is 1. The summed E-state index contributed by atoms with van der Waals surface area (Å²) in [4.78, 5) is 13.0. The monoisotopic (exact) mass is 193 g/mol. The summed E-state index contributed by atoms with van der Waals surface area (Å²) in [7, 11) is 1.79. The third kappa shape index (κ3) is 1.53. The second-order valence-electron chi connectivity index (χ2n) is 3.69. The van der Waals surface area contributed by atoms with E-state index >= 15 is 0 Å². The van der Waals surface area contributed by atoms with Crippen LogP contribution in [-0.2, 0) is 4.79 Å². The van der Waals surface area contributed by atoms with Gasteiger partial charge in [-0.3, -0.25) is 4.79 Å². The van der Waals surface area contributed by atoms with Gasteiger partial charge in [-0.15, -0.1) is 0 Å². The molecule has 1 amide bonds. The lowest BCUT2D eigenvalue weighted by Crippen LogP contribution is -2.31. The predicted molar refractivity (Wildman–Crippen MR) is 53.1 cm³/mol. The third-order valence-corrected chi connectivity index (χ3v) is 2.77. The minimum atomic E-state index is 0.0931. The van der Waals surface area contributed by atoms with Crippen molar-refractivity contribution in [3.63, 3.8) is 0 Å². The Balaban J connectivity index is 2.16. The van der Waals surface area contributed by atoms with Crippen molar-refractivity contribution < 1.29 is 4.79 Å². The molecule has 2 aliphatic heterocycles. The van der Waals surface area contributed by atoms with Crippen LogP contribution in [0.15, 0.2) is 23.9 Å². The van der Waals surface area contributed by atoms with Gasteiger partial charge in [0.25, 0.3) is 0 Å². The van der Waals surface area contributed by atoms with Crippen LogP contribution < -0.4 is 0 Å². The fourth-order valence-electron chi connectivity index (χ4n) is 1.95.